The van der Waals surface area contributed by atoms with Gasteiger partial charge in [0.15, 0.2) is 10.8 Å². The zero-order valence-corrected chi connectivity index (χ0v) is 17.3. The number of anilines is 1. The van der Waals surface area contributed by atoms with Crippen LogP contribution >= 0.6 is 0 Å². The largest absolute Gasteiger partial charge is 0.481 e. The van der Waals surface area contributed by atoms with Gasteiger partial charge in [-0.3, -0.25) is 14.8 Å². The van der Waals surface area contributed by atoms with E-state index in [9.17, 15) is 18.0 Å². The molecule has 1 aliphatic carbocycles. The first-order valence-electron chi connectivity index (χ1n) is 8.80. The maximum atomic E-state index is 12.9. The molecule has 0 saturated heterocycles. The Balaban J connectivity index is 1.85. The second kappa shape index (κ2) is 8.49. The van der Waals surface area contributed by atoms with Crippen molar-refractivity contribution in [3.63, 3.8) is 0 Å². The van der Waals surface area contributed by atoms with Gasteiger partial charge in [0.05, 0.1) is 26.5 Å². The van der Waals surface area contributed by atoms with E-state index in [-0.39, 0.29) is 34.1 Å². The zero-order valence-electron chi connectivity index (χ0n) is 16.5. The summed E-state index contributed by atoms with van der Waals surface area (Å²) in [5.74, 6) is -0.0753. The van der Waals surface area contributed by atoms with E-state index in [2.05, 4.69) is 20.4 Å². The van der Waals surface area contributed by atoms with Gasteiger partial charge in [0, 0.05) is 19.0 Å². The Morgan fingerprint density at radius 2 is 1.83 bits per heavy atom. The molecule has 1 aliphatic rings. The SMILES string of the molecule is COc1cc(OC)nc(NC(=O)NS(=O)(=O)c2c(C3=CC(=O)CCC3)cnn2C)n1. The minimum absolute atomic E-state index is 0.0849. The van der Waals surface area contributed by atoms with Crippen LogP contribution in [0.2, 0.25) is 0 Å². The highest BCUT2D eigenvalue weighted by Crippen LogP contribution is 2.29. The minimum Gasteiger partial charge on any atom is -0.481 e. The van der Waals surface area contributed by atoms with Crippen molar-refractivity contribution < 1.29 is 27.5 Å². The van der Waals surface area contributed by atoms with Gasteiger partial charge in [0.2, 0.25) is 17.7 Å². The molecule has 0 saturated carbocycles. The van der Waals surface area contributed by atoms with Gasteiger partial charge in [0.1, 0.15) is 0 Å². The number of ether oxygens (including phenoxy) is 2. The molecule has 30 heavy (non-hydrogen) atoms. The zero-order chi connectivity index (χ0) is 21.9. The molecule has 2 N–H and O–H groups in total. The number of hydrogen-bond donors (Lipinski definition) is 2. The molecule has 3 rings (SSSR count). The Hall–Kier alpha value is -3.48. The Kier molecular flexibility index (Phi) is 6.01. The standard InChI is InChI=1S/C17H20N6O6S/c1-23-15(12(9-18-23)10-5-4-6-11(24)7-10)30(26,27)22-17(25)21-16-19-13(28-2)8-14(20-16)29-3/h7-9H,4-6H2,1-3H3,(H2,19,20,21,22,25). The Morgan fingerprint density at radius 3 is 2.43 bits per heavy atom. The van der Waals surface area contributed by atoms with Gasteiger partial charge in [-0.15, -0.1) is 0 Å². The maximum Gasteiger partial charge on any atom is 0.335 e. The van der Waals surface area contributed by atoms with Crippen molar-refractivity contribution in [2.75, 3.05) is 19.5 Å². The van der Waals surface area contributed by atoms with E-state index >= 15 is 0 Å². The molecular weight excluding hydrogens is 416 g/mol. The van der Waals surface area contributed by atoms with Crippen LogP contribution in [0.1, 0.15) is 24.8 Å². The summed E-state index contributed by atoms with van der Waals surface area (Å²) in [7, 11) is -0.168. The lowest BCUT2D eigenvalue weighted by Crippen LogP contribution is -2.36. The third-order valence-corrected chi connectivity index (χ3v) is 5.69. The average Bonchev–Trinajstić information content (AvgIpc) is 3.09. The van der Waals surface area contributed by atoms with Gasteiger partial charge in [-0.1, -0.05) is 0 Å². The normalized spacial score (nSPS) is 14.1. The van der Waals surface area contributed by atoms with Crippen molar-refractivity contribution >= 4 is 33.4 Å². The summed E-state index contributed by atoms with van der Waals surface area (Å²) < 4.78 is 38.7. The highest BCUT2D eigenvalue weighted by Gasteiger charge is 2.28. The molecule has 2 amide bonds. The first-order chi connectivity index (χ1) is 14.2. The summed E-state index contributed by atoms with van der Waals surface area (Å²) in [5, 5.41) is 5.97. The maximum absolute atomic E-state index is 12.9. The first kappa shape index (κ1) is 21.2. The number of rotatable bonds is 6. The first-order valence-corrected chi connectivity index (χ1v) is 10.3. The van der Waals surface area contributed by atoms with E-state index in [1.807, 2.05) is 4.72 Å². The van der Waals surface area contributed by atoms with Crippen molar-refractivity contribution in [2.45, 2.75) is 24.3 Å². The molecule has 0 aromatic carbocycles. The minimum atomic E-state index is -4.33. The molecule has 2 aromatic rings. The number of aromatic nitrogens is 4. The van der Waals surface area contributed by atoms with Crippen molar-refractivity contribution in [2.24, 2.45) is 7.05 Å². The molecule has 13 heteroatoms. The van der Waals surface area contributed by atoms with Crippen LogP contribution < -0.4 is 19.5 Å². The van der Waals surface area contributed by atoms with E-state index in [4.69, 9.17) is 9.47 Å². The van der Waals surface area contributed by atoms with Gasteiger partial charge < -0.3 is 9.47 Å². The highest BCUT2D eigenvalue weighted by molar-refractivity contribution is 7.90. The monoisotopic (exact) mass is 436 g/mol. The third-order valence-electron chi connectivity index (χ3n) is 4.24. The average molecular weight is 436 g/mol. The van der Waals surface area contributed by atoms with Crippen LogP contribution in [0.3, 0.4) is 0 Å². The van der Waals surface area contributed by atoms with E-state index in [1.165, 1.54) is 39.6 Å². The summed E-state index contributed by atoms with van der Waals surface area (Å²) in [4.78, 5) is 31.9. The van der Waals surface area contributed by atoms with Gasteiger partial charge >= 0.3 is 6.03 Å². The number of ketones is 1. The Morgan fingerprint density at radius 1 is 1.17 bits per heavy atom. The van der Waals surface area contributed by atoms with Crippen molar-refractivity contribution in [1.29, 1.82) is 0 Å². The van der Waals surface area contributed by atoms with E-state index in [1.54, 1.807) is 0 Å². The van der Waals surface area contributed by atoms with Crippen LogP contribution in [0.4, 0.5) is 10.7 Å². The van der Waals surface area contributed by atoms with Crippen LogP contribution in [-0.4, -0.2) is 54.2 Å². The second-order valence-electron chi connectivity index (χ2n) is 6.31. The number of urea groups is 1. The van der Waals surface area contributed by atoms with E-state index in [0.717, 1.165) is 4.68 Å². The van der Waals surface area contributed by atoms with Crippen LogP contribution in [0.15, 0.2) is 23.4 Å². The van der Waals surface area contributed by atoms with Crippen molar-refractivity contribution in [3.05, 3.63) is 23.9 Å². The van der Waals surface area contributed by atoms with Gasteiger partial charge in [0.25, 0.3) is 10.0 Å². The lowest BCUT2D eigenvalue weighted by molar-refractivity contribution is -0.114. The molecule has 0 radical (unpaired) electrons. The van der Waals surface area contributed by atoms with Gasteiger partial charge in [-0.05, 0) is 24.5 Å². The molecular formula is C17H20N6O6S. The summed E-state index contributed by atoms with van der Waals surface area (Å²) in [6.07, 6.45) is 4.32. The molecule has 0 spiro atoms. The lowest BCUT2D eigenvalue weighted by atomic mass is 9.95. The fourth-order valence-corrected chi connectivity index (χ4v) is 4.20. The molecule has 0 fully saturated rings. The summed E-state index contributed by atoms with van der Waals surface area (Å²) in [6.45, 7) is 0. The smallest absolute Gasteiger partial charge is 0.335 e. The predicted molar refractivity (Wildman–Crippen MR) is 105 cm³/mol. The van der Waals surface area contributed by atoms with Crippen molar-refractivity contribution in [1.82, 2.24) is 24.5 Å². The van der Waals surface area contributed by atoms with E-state index < -0.39 is 16.1 Å². The van der Waals surface area contributed by atoms with Gasteiger partial charge in [-0.25, -0.2) is 9.52 Å². The molecule has 0 atom stereocenters. The summed E-state index contributed by atoms with van der Waals surface area (Å²) in [5.41, 5.74) is 0.825. The Labute approximate surface area is 172 Å². The van der Waals surface area contributed by atoms with Crippen LogP contribution in [0.5, 0.6) is 11.8 Å². The van der Waals surface area contributed by atoms with E-state index in [0.29, 0.717) is 24.8 Å². The number of allylic oxidation sites excluding steroid dienone is 2. The molecule has 2 heterocycles. The lowest BCUT2D eigenvalue weighted by Gasteiger charge is -2.14. The second-order valence-corrected chi connectivity index (χ2v) is 7.91. The number of nitrogens with zero attached hydrogens (tertiary/aromatic N) is 4. The van der Waals surface area contributed by atoms with Crippen molar-refractivity contribution in [3.8, 4) is 11.8 Å². The molecule has 0 bridgehead atoms. The van der Waals surface area contributed by atoms with Gasteiger partial charge in [-0.2, -0.15) is 23.5 Å². The highest BCUT2D eigenvalue weighted by atomic mass is 32.2. The molecule has 2 aromatic heterocycles. The predicted octanol–water partition coefficient (Wildman–Crippen LogP) is 0.874. The summed E-state index contributed by atoms with van der Waals surface area (Å²) in [6, 6.07) is 0.298. The fourth-order valence-electron chi connectivity index (χ4n) is 2.94. The molecule has 0 aliphatic heterocycles. The Bertz CT molecular complexity index is 1100. The number of aryl methyl sites for hydroxylation is 1. The van der Waals surface area contributed by atoms with Crippen LogP contribution in [0, 0.1) is 0 Å². The number of amides is 2. The quantitative estimate of drug-likeness (QED) is 0.671. The number of carbonyl (C=O) groups excluding carboxylic acids is 2. The van der Waals surface area contributed by atoms with Crippen LogP contribution in [0.25, 0.3) is 5.57 Å². The summed E-state index contributed by atoms with van der Waals surface area (Å²) >= 11 is 0. The number of hydrogen-bond acceptors (Lipinski definition) is 9. The molecule has 12 nitrogen and oxygen atoms in total. The number of methoxy groups -OCH3 is 2. The topological polar surface area (TPSA) is 154 Å². The number of nitrogens with one attached hydrogen (secondary N) is 2. The number of sulfonamides is 1. The number of carbonyl (C=O) groups is 2. The molecule has 160 valence electrons. The fraction of sp³-hybridized carbons (Fsp3) is 0.353. The van der Waals surface area contributed by atoms with Crippen LogP contribution in [-0.2, 0) is 21.9 Å². The molecule has 0 unspecified atom stereocenters. The third kappa shape index (κ3) is 4.56.